The number of carboxylic acid groups (broad SMARTS) is 1. The molecule has 0 spiro atoms. The molecule has 0 amide bonds. The van der Waals surface area contributed by atoms with Crippen molar-refractivity contribution in [2.24, 2.45) is 0 Å². The van der Waals surface area contributed by atoms with E-state index < -0.39 is 12.0 Å². The Bertz CT molecular complexity index is 346. The normalized spacial score (nSPS) is 17.0. The molecule has 16 heavy (non-hydrogen) atoms. The number of nitrogens with one attached hydrogen (secondary N) is 1. The Labute approximate surface area is 95.5 Å². The lowest BCUT2D eigenvalue weighted by Gasteiger charge is -2.13. The molecule has 0 radical (unpaired) electrons. The van der Waals surface area contributed by atoms with Crippen LogP contribution in [0.3, 0.4) is 0 Å². The Morgan fingerprint density at radius 3 is 2.62 bits per heavy atom. The fourth-order valence-electron chi connectivity index (χ4n) is 1.77. The molecule has 1 fully saturated rings. The Hall–Kier alpha value is -1.35. The maximum Gasteiger partial charge on any atom is 0.320 e. The van der Waals surface area contributed by atoms with Gasteiger partial charge in [0.1, 0.15) is 6.04 Å². The lowest BCUT2D eigenvalue weighted by molar-refractivity contribution is -0.139. The molecule has 2 rings (SSSR count). The Morgan fingerprint density at radius 1 is 1.38 bits per heavy atom. The predicted molar refractivity (Wildman–Crippen MR) is 62.3 cm³/mol. The van der Waals surface area contributed by atoms with Crippen LogP contribution in [0.25, 0.3) is 0 Å². The van der Waals surface area contributed by atoms with E-state index in [1.165, 1.54) is 5.56 Å². The van der Waals surface area contributed by atoms with Crippen LogP contribution < -0.4 is 5.32 Å². The molecule has 1 aromatic carbocycles. The topological polar surface area (TPSA) is 49.3 Å². The van der Waals surface area contributed by atoms with E-state index in [1.807, 2.05) is 30.3 Å². The van der Waals surface area contributed by atoms with E-state index in [-0.39, 0.29) is 0 Å². The average Bonchev–Trinajstić information content (AvgIpc) is 3.09. The van der Waals surface area contributed by atoms with Crippen molar-refractivity contribution >= 4 is 5.97 Å². The number of hydrogen-bond donors (Lipinski definition) is 2. The fourth-order valence-corrected chi connectivity index (χ4v) is 1.77. The molecule has 2 N–H and O–H groups in total. The SMILES string of the molecule is O=C(O)[C@H](CCc1ccccc1)NC1CC1. The zero-order valence-electron chi connectivity index (χ0n) is 9.23. The summed E-state index contributed by atoms with van der Waals surface area (Å²) in [4.78, 5) is 11.0. The van der Waals surface area contributed by atoms with Crippen molar-refractivity contribution in [2.75, 3.05) is 0 Å². The van der Waals surface area contributed by atoms with Crippen LogP contribution in [0, 0.1) is 0 Å². The molecule has 86 valence electrons. The second-order valence-corrected chi connectivity index (χ2v) is 4.36. The van der Waals surface area contributed by atoms with E-state index in [1.54, 1.807) is 0 Å². The monoisotopic (exact) mass is 219 g/mol. The van der Waals surface area contributed by atoms with Crippen LogP contribution >= 0.6 is 0 Å². The lowest BCUT2D eigenvalue weighted by atomic mass is 10.1. The highest BCUT2D eigenvalue weighted by Crippen LogP contribution is 2.20. The van der Waals surface area contributed by atoms with Gasteiger partial charge >= 0.3 is 5.97 Å². The highest BCUT2D eigenvalue weighted by Gasteiger charge is 2.27. The fraction of sp³-hybridized carbons (Fsp3) is 0.462. The zero-order chi connectivity index (χ0) is 11.4. The summed E-state index contributed by atoms with van der Waals surface area (Å²) >= 11 is 0. The third-order valence-corrected chi connectivity index (χ3v) is 2.88. The summed E-state index contributed by atoms with van der Waals surface area (Å²) in [6.45, 7) is 0. The van der Waals surface area contributed by atoms with Crippen LogP contribution in [0.1, 0.15) is 24.8 Å². The van der Waals surface area contributed by atoms with Crippen molar-refractivity contribution in [1.82, 2.24) is 5.32 Å². The number of benzene rings is 1. The predicted octanol–water partition coefficient (Wildman–Crippen LogP) is 1.82. The van der Waals surface area contributed by atoms with Gasteiger partial charge in [0.15, 0.2) is 0 Å². The van der Waals surface area contributed by atoms with Crippen LogP contribution in [0.5, 0.6) is 0 Å². The summed E-state index contributed by atoms with van der Waals surface area (Å²) in [5.74, 6) is -0.733. The third-order valence-electron chi connectivity index (χ3n) is 2.88. The molecule has 3 heteroatoms. The smallest absolute Gasteiger partial charge is 0.320 e. The summed E-state index contributed by atoms with van der Waals surface area (Å²) in [5, 5.41) is 12.2. The van der Waals surface area contributed by atoms with Crippen molar-refractivity contribution < 1.29 is 9.90 Å². The maximum atomic E-state index is 11.0. The molecule has 1 saturated carbocycles. The number of aryl methyl sites for hydroxylation is 1. The molecule has 0 heterocycles. The van der Waals surface area contributed by atoms with E-state index in [4.69, 9.17) is 5.11 Å². The van der Waals surface area contributed by atoms with E-state index in [9.17, 15) is 4.79 Å². The Kier molecular flexibility index (Phi) is 3.57. The van der Waals surface area contributed by atoms with Gasteiger partial charge in [0.25, 0.3) is 0 Å². The quantitative estimate of drug-likeness (QED) is 0.767. The van der Waals surface area contributed by atoms with Crippen molar-refractivity contribution in [3.8, 4) is 0 Å². The molecule has 0 bridgehead atoms. The minimum Gasteiger partial charge on any atom is -0.480 e. The molecule has 0 aliphatic heterocycles. The van der Waals surface area contributed by atoms with Gasteiger partial charge in [-0.3, -0.25) is 4.79 Å². The summed E-state index contributed by atoms with van der Waals surface area (Å²) in [7, 11) is 0. The van der Waals surface area contributed by atoms with Crippen LogP contribution in [-0.4, -0.2) is 23.2 Å². The van der Waals surface area contributed by atoms with E-state index in [0.29, 0.717) is 12.5 Å². The minimum atomic E-state index is -0.733. The lowest BCUT2D eigenvalue weighted by Crippen LogP contribution is -2.38. The summed E-state index contributed by atoms with van der Waals surface area (Å²) < 4.78 is 0. The summed E-state index contributed by atoms with van der Waals surface area (Å²) in [5.41, 5.74) is 1.20. The van der Waals surface area contributed by atoms with Crippen LogP contribution in [-0.2, 0) is 11.2 Å². The van der Waals surface area contributed by atoms with E-state index >= 15 is 0 Å². The summed E-state index contributed by atoms with van der Waals surface area (Å²) in [6.07, 6.45) is 3.72. The number of carboxylic acids is 1. The number of hydrogen-bond acceptors (Lipinski definition) is 2. The van der Waals surface area contributed by atoms with Crippen molar-refractivity contribution in [3.63, 3.8) is 0 Å². The first kappa shape index (κ1) is 11.1. The Balaban J connectivity index is 1.83. The van der Waals surface area contributed by atoms with Gasteiger partial charge in [-0.2, -0.15) is 0 Å². The van der Waals surface area contributed by atoms with Gasteiger partial charge in [-0.05, 0) is 31.2 Å². The standard InChI is InChI=1S/C13H17NO2/c15-13(16)12(14-11-7-8-11)9-6-10-4-2-1-3-5-10/h1-5,11-12,14H,6-9H2,(H,15,16)/t12-/m0/s1. The minimum absolute atomic E-state index is 0.396. The van der Waals surface area contributed by atoms with Gasteiger partial charge in [0.2, 0.25) is 0 Å². The largest absolute Gasteiger partial charge is 0.480 e. The van der Waals surface area contributed by atoms with Gasteiger partial charge in [0.05, 0.1) is 0 Å². The molecule has 1 aliphatic carbocycles. The van der Waals surface area contributed by atoms with Crippen LogP contribution in [0.15, 0.2) is 30.3 Å². The molecule has 3 nitrogen and oxygen atoms in total. The molecule has 0 aromatic heterocycles. The molecular formula is C13H17NO2. The first-order valence-corrected chi connectivity index (χ1v) is 5.78. The number of carbonyl (C=O) groups is 1. The number of rotatable bonds is 6. The molecular weight excluding hydrogens is 202 g/mol. The van der Waals surface area contributed by atoms with Gasteiger partial charge in [-0.15, -0.1) is 0 Å². The van der Waals surface area contributed by atoms with Crippen LogP contribution in [0.4, 0.5) is 0 Å². The molecule has 0 unspecified atom stereocenters. The molecule has 1 aromatic rings. The second-order valence-electron chi connectivity index (χ2n) is 4.36. The van der Waals surface area contributed by atoms with Crippen molar-refractivity contribution in [1.29, 1.82) is 0 Å². The van der Waals surface area contributed by atoms with Gasteiger partial charge < -0.3 is 10.4 Å². The Morgan fingerprint density at radius 2 is 2.06 bits per heavy atom. The van der Waals surface area contributed by atoms with Crippen LogP contribution in [0.2, 0.25) is 0 Å². The van der Waals surface area contributed by atoms with Gasteiger partial charge in [-0.25, -0.2) is 0 Å². The second kappa shape index (κ2) is 5.12. The highest BCUT2D eigenvalue weighted by atomic mass is 16.4. The average molecular weight is 219 g/mol. The zero-order valence-corrected chi connectivity index (χ0v) is 9.23. The van der Waals surface area contributed by atoms with Gasteiger partial charge in [-0.1, -0.05) is 30.3 Å². The first-order chi connectivity index (χ1) is 7.75. The van der Waals surface area contributed by atoms with Crippen molar-refractivity contribution in [2.45, 2.75) is 37.8 Å². The van der Waals surface area contributed by atoms with E-state index in [0.717, 1.165) is 19.3 Å². The third kappa shape index (κ3) is 3.35. The summed E-state index contributed by atoms with van der Waals surface area (Å²) in [6, 6.07) is 10.1. The molecule has 1 aliphatic rings. The van der Waals surface area contributed by atoms with E-state index in [2.05, 4.69) is 5.32 Å². The maximum absolute atomic E-state index is 11.0. The highest BCUT2D eigenvalue weighted by molar-refractivity contribution is 5.73. The number of aliphatic carboxylic acids is 1. The molecule has 0 saturated heterocycles. The molecule has 1 atom stereocenters. The van der Waals surface area contributed by atoms with Crippen molar-refractivity contribution in [3.05, 3.63) is 35.9 Å². The van der Waals surface area contributed by atoms with Gasteiger partial charge in [0, 0.05) is 6.04 Å². The first-order valence-electron chi connectivity index (χ1n) is 5.78.